The molecule has 84 valence electrons. The molecule has 1 heterocycles. The largest absolute Gasteiger partial charge is 0.494 e. The highest BCUT2D eigenvalue weighted by Gasteiger charge is 2.23. The van der Waals surface area contributed by atoms with Gasteiger partial charge in [0.25, 0.3) is 0 Å². The summed E-state index contributed by atoms with van der Waals surface area (Å²) in [4.78, 5) is 0. The third-order valence-electron chi connectivity index (χ3n) is 3.03. The fourth-order valence-corrected chi connectivity index (χ4v) is 3.32. The number of halogens is 2. The van der Waals surface area contributed by atoms with Gasteiger partial charge in [0.05, 0.1) is 5.39 Å². The molecule has 3 rings (SSSR count). The van der Waals surface area contributed by atoms with Crippen molar-refractivity contribution in [1.29, 1.82) is 0 Å². The molecular formula is C12H11ClINO. The van der Waals surface area contributed by atoms with Crippen LogP contribution in [0.25, 0.3) is 10.8 Å². The lowest BCUT2D eigenvalue weighted by Gasteiger charge is -2.02. The van der Waals surface area contributed by atoms with E-state index in [-0.39, 0.29) is 0 Å². The van der Waals surface area contributed by atoms with Gasteiger partial charge in [-0.1, -0.05) is 11.6 Å². The van der Waals surface area contributed by atoms with Gasteiger partial charge in [-0.05, 0) is 53.5 Å². The van der Waals surface area contributed by atoms with Gasteiger partial charge in [-0.15, -0.1) is 0 Å². The molecule has 1 fully saturated rings. The number of aromatic hydroxyl groups is 1. The van der Waals surface area contributed by atoms with Crippen LogP contribution in [0, 0.1) is 9.49 Å². The monoisotopic (exact) mass is 347 g/mol. The second-order valence-corrected chi connectivity index (χ2v) is 6.00. The quantitative estimate of drug-likeness (QED) is 0.816. The molecule has 1 aliphatic carbocycles. The minimum atomic E-state index is 0.378. The van der Waals surface area contributed by atoms with Crippen LogP contribution in [0.5, 0.6) is 5.88 Å². The smallest absolute Gasteiger partial charge is 0.200 e. The Morgan fingerprint density at radius 2 is 2.19 bits per heavy atom. The van der Waals surface area contributed by atoms with Gasteiger partial charge in [0, 0.05) is 26.7 Å². The third kappa shape index (κ3) is 1.80. The molecule has 0 bridgehead atoms. The van der Waals surface area contributed by atoms with E-state index in [1.807, 2.05) is 22.9 Å². The zero-order valence-electron chi connectivity index (χ0n) is 8.58. The molecule has 1 aliphatic rings. The Morgan fingerprint density at radius 1 is 1.44 bits per heavy atom. The van der Waals surface area contributed by atoms with Crippen LogP contribution in [-0.4, -0.2) is 9.67 Å². The molecule has 1 aromatic carbocycles. The van der Waals surface area contributed by atoms with E-state index >= 15 is 0 Å². The Bertz CT molecular complexity index is 560. The molecule has 0 atom stereocenters. The topological polar surface area (TPSA) is 25.2 Å². The van der Waals surface area contributed by atoms with E-state index < -0.39 is 0 Å². The number of aromatic nitrogens is 1. The van der Waals surface area contributed by atoms with E-state index in [1.165, 1.54) is 12.8 Å². The molecule has 0 amide bonds. The Kier molecular flexibility index (Phi) is 2.55. The van der Waals surface area contributed by atoms with Crippen molar-refractivity contribution in [1.82, 2.24) is 4.57 Å². The summed E-state index contributed by atoms with van der Waals surface area (Å²) in [5.74, 6) is 1.13. The van der Waals surface area contributed by atoms with E-state index in [1.54, 1.807) is 0 Å². The van der Waals surface area contributed by atoms with Gasteiger partial charge in [-0.3, -0.25) is 0 Å². The summed E-state index contributed by atoms with van der Waals surface area (Å²) in [6.45, 7) is 0.925. The molecule has 0 spiro atoms. The maximum Gasteiger partial charge on any atom is 0.200 e. The molecule has 1 aromatic heterocycles. The summed E-state index contributed by atoms with van der Waals surface area (Å²) in [6, 6.07) is 3.79. The van der Waals surface area contributed by atoms with Crippen molar-refractivity contribution < 1.29 is 5.11 Å². The van der Waals surface area contributed by atoms with Crippen molar-refractivity contribution in [3.8, 4) is 5.88 Å². The molecule has 2 nitrogen and oxygen atoms in total. The summed E-state index contributed by atoms with van der Waals surface area (Å²) >= 11 is 8.22. The van der Waals surface area contributed by atoms with E-state index in [0.29, 0.717) is 5.88 Å². The minimum Gasteiger partial charge on any atom is -0.494 e. The molecule has 0 aliphatic heterocycles. The number of benzene rings is 1. The van der Waals surface area contributed by atoms with Crippen molar-refractivity contribution in [3.05, 3.63) is 26.9 Å². The van der Waals surface area contributed by atoms with Crippen molar-refractivity contribution in [2.75, 3.05) is 0 Å². The first-order valence-corrected chi connectivity index (χ1v) is 6.77. The maximum atomic E-state index is 10.2. The predicted octanol–water partition coefficient (Wildman–Crippen LogP) is 4.01. The number of nitrogens with zero attached hydrogens (tertiary/aromatic N) is 1. The Morgan fingerprint density at radius 3 is 2.88 bits per heavy atom. The highest BCUT2D eigenvalue weighted by atomic mass is 127. The molecule has 16 heavy (non-hydrogen) atoms. The number of fused-ring (bicyclic) bond motifs is 1. The number of rotatable bonds is 2. The van der Waals surface area contributed by atoms with Crippen LogP contribution in [-0.2, 0) is 6.54 Å². The summed E-state index contributed by atoms with van der Waals surface area (Å²) in [5.41, 5.74) is 0. The van der Waals surface area contributed by atoms with Crippen LogP contribution >= 0.6 is 34.2 Å². The summed E-state index contributed by atoms with van der Waals surface area (Å²) in [7, 11) is 0. The molecule has 0 unspecified atom stereocenters. The predicted molar refractivity (Wildman–Crippen MR) is 74.1 cm³/mol. The van der Waals surface area contributed by atoms with Gasteiger partial charge in [-0.25, -0.2) is 0 Å². The summed E-state index contributed by atoms with van der Waals surface area (Å²) in [6.07, 6.45) is 4.56. The molecule has 1 N–H and O–H groups in total. The number of hydrogen-bond donors (Lipinski definition) is 1. The molecule has 2 aromatic rings. The zero-order valence-corrected chi connectivity index (χ0v) is 11.5. The normalized spacial score (nSPS) is 15.9. The van der Waals surface area contributed by atoms with Gasteiger partial charge in [0.2, 0.25) is 0 Å². The van der Waals surface area contributed by atoms with Gasteiger partial charge < -0.3 is 9.67 Å². The van der Waals surface area contributed by atoms with E-state index in [4.69, 9.17) is 11.6 Å². The average molecular weight is 348 g/mol. The molecule has 0 radical (unpaired) electrons. The highest BCUT2D eigenvalue weighted by Crippen LogP contribution is 2.37. The molecule has 1 saturated carbocycles. The zero-order chi connectivity index (χ0) is 11.3. The summed E-state index contributed by atoms with van der Waals surface area (Å²) < 4.78 is 2.95. The Hall–Kier alpha value is -0.420. The Balaban J connectivity index is 2.16. The first-order chi connectivity index (χ1) is 7.65. The van der Waals surface area contributed by atoms with Crippen molar-refractivity contribution in [2.45, 2.75) is 19.4 Å². The Labute approximate surface area is 112 Å². The van der Waals surface area contributed by atoms with Crippen molar-refractivity contribution >= 4 is 45.0 Å². The average Bonchev–Trinajstić information content (AvgIpc) is 2.93. The van der Waals surface area contributed by atoms with Crippen LogP contribution in [0.2, 0.25) is 5.02 Å². The lowest BCUT2D eigenvalue weighted by molar-refractivity contribution is 0.415. The molecule has 0 saturated heterocycles. The SMILES string of the molecule is Oc1c2c(I)cc(Cl)cc2cn1CC1CC1. The van der Waals surface area contributed by atoms with Crippen LogP contribution < -0.4 is 0 Å². The first-order valence-electron chi connectivity index (χ1n) is 5.32. The van der Waals surface area contributed by atoms with Gasteiger partial charge >= 0.3 is 0 Å². The molecule has 4 heteroatoms. The van der Waals surface area contributed by atoms with E-state index in [0.717, 1.165) is 31.8 Å². The maximum absolute atomic E-state index is 10.2. The van der Waals surface area contributed by atoms with Gasteiger partial charge in [0.15, 0.2) is 5.88 Å². The standard InChI is InChI=1S/C12H11ClINO/c13-9-3-8-6-15(5-7-1-2-7)12(16)11(8)10(14)4-9/h3-4,6-7,16H,1-2,5H2. The van der Waals surface area contributed by atoms with Crippen molar-refractivity contribution in [2.24, 2.45) is 5.92 Å². The third-order valence-corrected chi connectivity index (χ3v) is 4.10. The summed E-state index contributed by atoms with van der Waals surface area (Å²) in [5, 5.41) is 12.8. The second-order valence-electron chi connectivity index (χ2n) is 4.40. The van der Waals surface area contributed by atoms with Crippen LogP contribution in [0.4, 0.5) is 0 Å². The fourth-order valence-electron chi connectivity index (χ4n) is 2.02. The first kappa shape index (κ1) is 10.7. The molecular weight excluding hydrogens is 336 g/mol. The van der Waals surface area contributed by atoms with E-state index in [2.05, 4.69) is 22.6 Å². The van der Waals surface area contributed by atoms with E-state index in [9.17, 15) is 5.11 Å². The van der Waals surface area contributed by atoms with Crippen LogP contribution in [0.3, 0.4) is 0 Å². The second kappa shape index (κ2) is 3.81. The highest BCUT2D eigenvalue weighted by molar-refractivity contribution is 14.1. The lowest BCUT2D eigenvalue weighted by atomic mass is 10.2. The van der Waals surface area contributed by atoms with Crippen molar-refractivity contribution in [3.63, 3.8) is 0 Å². The van der Waals surface area contributed by atoms with Crippen LogP contribution in [0.15, 0.2) is 18.3 Å². The van der Waals surface area contributed by atoms with Gasteiger partial charge in [0.1, 0.15) is 0 Å². The fraction of sp³-hybridized carbons (Fsp3) is 0.333. The van der Waals surface area contributed by atoms with Gasteiger partial charge in [-0.2, -0.15) is 0 Å². The lowest BCUT2D eigenvalue weighted by Crippen LogP contribution is -1.96. The van der Waals surface area contributed by atoms with Crippen LogP contribution in [0.1, 0.15) is 12.8 Å². The number of hydrogen-bond acceptors (Lipinski definition) is 1. The minimum absolute atomic E-state index is 0.378.